The third-order valence-corrected chi connectivity index (χ3v) is 5.51. The Balaban J connectivity index is 1.65. The highest BCUT2D eigenvalue weighted by Gasteiger charge is 2.17. The number of carbonyl (C=O) groups excluding carboxylic acids is 2. The molecule has 3 aromatic carbocycles. The zero-order valence-electron chi connectivity index (χ0n) is 18.8. The highest BCUT2D eigenvalue weighted by Crippen LogP contribution is 2.28. The van der Waals surface area contributed by atoms with Crippen LogP contribution in [-0.4, -0.2) is 18.4 Å². The maximum Gasteiger partial charge on any atom is 0.262 e. The first-order valence-electron chi connectivity index (χ1n) is 11.0. The first-order valence-corrected chi connectivity index (χ1v) is 11.0. The Bertz CT molecular complexity index is 1050. The molecule has 0 saturated heterocycles. The molecule has 0 fully saturated rings. The zero-order chi connectivity index (χ0) is 22.9. The third kappa shape index (κ3) is 5.97. The molecule has 2 amide bonds. The molecule has 0 radical (unpaired) electrons. The van der Waals surface area contributed by atoms with E-state index >= 15 is 0 Å². The zero-order valence-corrected chi connectivity index (χ0v) is 18.8. The maximum atomic E-state index is 12.9. The fourth-order valence-electron chi connectivity index (χ4n) is 3.46. The van der Waals surface area contributed by atoms with E-state index in [1.165, 1.54) is 0 Å². The molecule has 3 aromatic rings. The summed E-state index contributed by atoms with van der Waals surface area (Å²) in [6, 6.07) is 24.3. The molecule has 0 heterocycles. The van der Waals surface area contributed by atoms with Crippen LogP contribution in [0.5, 0.6) is 5.75 Å². The second-order valence-electron chi connectivity index (χ2n) is 7.84. The van der Waals surface area contributed by atoms with Gasteiger partial charge in [-0.25, -0.2) is 0 Å². The lowest BCUT2D eigenvalue weighted by Crippen LogP contribution is -2.28. The molecule has 2 N–H and O–H groups in total. The minimum atomic E-state index is -0.319. The number of ether oxygens (including phenoxy) is 1. The van der Waals surface area contributed by atoms with Gasteiger partial charge in [0.1, 0.15) is 5.75 Å². The van der Waals surface area contributed by atoms with Gasteiger partial charge in [-0.1, -0.05) is 74.5 Å². The van der Waals surface area contributed by atoms with E-state index in [-0.39, 0.29) is 24.5 Å². The molecule has 0 spiro atoms. The van der Waals surface area contributed by atoms with Crippen LogP contribution in [0.4, 0.5) is 5.69 Å². The summed E-state index contributed by atoms with van der Waals surface area (Å²) in [5.41, 5.74) is 2.95. The Hall–Kier alpha value is -3.60. The summed E-state index contributed by atoms with van der Waals surface area (Å²) in [5.74, 6) is 0.477. The number of hydrogen-bond acceptors (Lipinski definition) is 3. The molecular formula is C27H30N2O3. The second kappa shape index (κ2) is 11.1. The van der Waals surface area contributed by atoms with Gasteiger partial charge in [-0.2, -0.15) is 0 Å². The number of para-hydroxylation sites is 2. The lowest BCUT2D eigenvalue weighted by atomic mass is 9.98. The van der Waals surface area contributed by atoms with Gasteiger partial charge in [0.2, 0.25) is 0 Å². The number of amides is 2. The molecule has 32 heavy (non-hydrogen) atoms. The van der Waals surface area contributed by atoms with Crippen LogP contribution in [-0.2, 0) is 4.79 Å². The first-order chi connectivity index (χ1) is 15.5. The Labute approximate surface area is 189 Å². The highest BCUT2D eigenvalue weighted by atomic mass is 16.5. The lowest BCUT2D eigenvalue weighted by Gasteiger charge is -2.17. The van der Waals surface area contributed by atoms with Gasteiger partial charge in [-0.3, -0.25) is 9.59 Å². The number of rotatable bonds is 9. The fraction of sp³-hybridized carbons (Fsp3) is 0.259. The normalized spacial score (nSPS) is 12.5. The van der Waals surface area contributed by atoms with Gasteiger partial charge >= 0.3 is 0 Å². The van der Waals surface area contributed by atoms with Gasteiger partial charge in [0.25, 0.3) is 11.8 Å². The largest absolute Gasteiger partial charge is 0.483 e. The highest BCUT2D eigenvalue weighted by molar-refractivity contribution is 6.04. The summed E-state index contributed by atoms with van der Waals surface area (Å²) in [6.07, 6.45) is 0.983. The minimum Gasteiger partial charge on any atom is -0.483 e. The van der Waals surface area contributed by atoms with Crippen LogP contribution in [0.2, 0.25) is 0 Å². The molecule has 2 atom stereocenters. The van der Waals surface area contributed by atoms with E-state index in [1.54, 1.807) is 24.3 Å². The fourth-order valence-corrected chi connectivity index (χ4v) is 3.46. The summed E-state index contributed by atoms with van der Waals surface area (Å²) in [7, 11) is 0. The van der Waals surface area contributed by atoms with Crippen LogP contribution in [0.25, 0.3) is 0 Å². The third-order valence-electron chi connectivity index (χ3n) is 5.51. The van der Waals surface area contributed by atoms with Crippen molar-refractivity contribution in [2.75, 3.05) is 11.9 Å². The van der Waals surface area contributed by atoms with Crippen LogP contribution in [0.1, 0.15) is 60.6 Å². The molecule has 3 rings (SSSR count). The van der Waals surface area contributed by atoms with Crippen molar-refractivity contribution in [2.24, 2.45) is 0 Å². The van der Waals surface area contributed by atoms with Gasteiger partial charge in [-0.05, 0) is 48.6 Å². The van der Waals surface area contributed by atoms with Gasteiger partial charge in [-0.15, -0.1) is 0 Å². The SMILES string of the molecule is CCC(C)c1ccccc1OCC(=O)Nc1ccccc1C(=O)NC(C)c1ccccc1. The molecule has 5 nitrogen and oxygen atoms in total. The van der Waals surface area contributed by atoms with E-state index in [0.717, 1.165) is 17.5 Å². The van der Waals surface area contributed by atoms with Crippen LogP contribution < -0.4 is 15.4 Å². The average molecular weight is 431 g/mol. The van der Waals surface area contributed by atoms with Crippen molar-refractivity contribution >= 4 is 17.5 Å². The lowest BCUT2D eigenvalue weighted by molar-refractivity contribution is -0.118. The molecule has 0 aliphatic rings. The van der Waals surface area contributed by atoms with Crippen LogP contribution in [0.15, 0.2) is 78.9 Å². The van der Waals surface area contributed by atoms with Crippen LogP contribution in [0.3, 0.4) is 0 Å². The standard InChI is InChI=1S/C27H30N2O3/c1-4-19(2)22-14-9-11-17-25(22)32-18-26(30)29-24-16-10-8-15-23(24)27(31)28-20(3)21-12-6-5-7-13-21/h5-17,19-20H,4,18H2,1-3H3,(H,28,31)(H,29,30). The van der Waals surface area contributed by atoms with Crippen molar-refractivity contribution in [3.8, 4) is 5.75 Å². The molecule has 0 aromatic heterocycles. The number of hydrogen-bond donors (Lipinski definition) is 2. The van der Waals surface area contributed by atoms with Crippen LogP contribution in [0, 0.1) is 0 Å². The first kappa shape index (κ1) is 23.1. The second-order valence-corrected chi connectivity index (χ2v) is 7.84. The summed E-state index contributed by atoms with van der Waals surface area (Å²) in [5, 5.41) is 5.80. The van der Waals surface area contributed by atoms with E-state index < -0.39 is 0 Å². The van der Waals surface area contributed by atoms with E-state index in [1.807, 2.05) is 61.5 Å². The van der Waals surface area contributed by atoms with E-state index in [2.05, 4.69) is 24.5 Å². The van der Waals surface area contributed by atoms with Gasteiger partial charge < -0.3 is 15.4 Å². The van der Waals surface area contributed by atoms with Crippen molar-refractivity contribution in [3.63, 3.8) is 0 Å². The molecule has 166 valence electrons. The number of benzene rings is 3. The van der Waals surface area contributed by atoms with Crippen molar-refractivity contribution in [2.45, 2.75) is 39.2 Å². The van der Waals surface area contributed by atoms with E-state index in [4.69, 9.17) is 4.74 Å². The Kier molecular flexibility index (Phi) is 8.03. The van der Waals surface area contributed by atoms with Crippen LogP contribution >= 0.6 is 0 Å². The van der Waals surface area contributed by atoms with Gasteiger partial charge in [0, 0.05) is 0 Å². The predicted octanol–water partition coefficient (Wildman–Crippen LogP) is 5.71. The topological polar surface area (TPSA) is 67.4 Å². The molecule has 0 aliphatic carbocycles. The van der Waals surface area contributed by atoms with Crippen molar-refractivity contribution in [1.29, 1.82) is 0 Å². The van der Waals surface area contributed by atoms with E-state index in [9.17, 15) is 9.59 Å². The molecule has 0 saturated carbocycles. The molecule has 5 heteroatoms. The molecular weight excluding hydrogens is 400 g/mol. The molecule has 0 bridgehead atoms. The number of anilines is 1. The summed E-state index contributed by atoms with van der Waals surface area (Å²) >= 11 is 0. The summed E-state index contributed by atoms with van der Waals surface area (Å²) < 4.78 is 5.80. The number of carbonyl (C=O) groups is 2. The predicted molar refractivity (Wildman–Crippen MR) is 128 cm³/mol. The van der Waals surface area contributed by atoms with Crippen molar-refractivity contribution in [3.05, 3.63) is 95.6 Å². The molecule has 0 aliphatic heterocycles. The quantitative estimate of drug-likeness (QED) is 0.457. The Morgan fingerprint density at radius 3 is 2.28 bits per heavy atom. The summed E-state index contributed by atoms with van der Waals surface area (Å²) in [6.45, 7) is 6.04. The van der Waals surface area contributed by atoms with Crippen molar-refractivity contribution in [1.82, 2.24) is 5.32 Å². The smallest absolute Gasteiger partial charge is 0.262 e. The van der Waals surface area contributed by atoms with Gasteiger partial charge in [0.05, 0.1) is 17.3 Å². The maximum absolute atomic E-state index is 12.9. The van der Waals surface area contributed by atoms with E-state index in [0.29, 0.717) is 22.9 Å². The van der Waals surface area contributed by atoms with Gasteiger partial charge in [0.15, 0.2) is 6.61 Å². The Morgan fingerprint density at radius 1 is 0.875 bits per heavy atom. The van der Waals surface area contributed by atoms with Crippen molar-refractivity contribution < 1.29 is 14.3 Å². The molecule has 2 unspecified atom stereocenters. The monoisotopic (exact) mass is 430 g/mol. The average Bonchev–Trinajstić information content (AvgIpc) is 2.83. The summed E-state index contributed by atoms with van der Waals surface area (Å²) in [4.78, 5) is 25.5. The minimum absolute atomic E-state index is 0.135. The Morgan fingerprint density at radius 2 is 1.53 bits per heavy atom. The number of nitrogens with one attached hydrogen (secondary N) is 2.